The first-order chi connectivity index (χ1) is 9.60. The maximum atomic E-state index is 7.83. The molecule has 0 aromatic heterocycles. The highest BCUT2D eigenvalue weighted by Gasteiger charge is 2.15. The summed E-state index contributed by atoms with van der Waals surface area (Å²) in [5.74, 6) is 0.496. The van der Waals surface area contributed by atoms with Gasteiger partial charge in [-0.2, -0.15) is 0 Å². The lowest BCUT2D eigenvalue weighted by Gasteiger charge is -2.15. The summed E-state index contributed by atoms with van der Waals surface area (Å²) in [7, 11) is 0. The molecule has 5 nitrogen and oxygen atoms in total. The first kappa shape index (κ1) is 13.9. The van der Waals surface area contributed by atoms with Gasteiger partial charge in [0.05, 0.1) is 29.4 Å². The van der Waals surface area contributed by atoms with Crippen molar-refractivity contribution in [3.05, 3.63) is 47.9 Å². The van der Waals surface area contributed by atoms with E-state index in [2.05, 4.69) is 4.99 Å². The largest absolute Gasteiger partial charge is 0.491 e. The number of ether oxygens (including phenoxy) is 1. The first-order valence-electron chi connectivity index (χ1n) is 6.45. The van der Waals surface area contributed by atoms with Gasteiger partial charge in [-0.25, -0.2) is 4.99 Å². The second kappa shape index (κ2) is 6.06. The van der Waals surface area contributed by atoms with Gasteiger partial charge in [-0.1, -0.05) is 6.92 Å². The van der Waals surface area contributed by atoms with Crippen molar-refractivity contribution in [2.45, 2.75) is 13.3 Å². The van der Waals surface area contributed by atoms with Gasteiger partial charge in [-0.15, -0.1) is 0 Å². The summed E-state index contributed by atoms with van der Waals surface area (Å²) in [6, 6.07) is 7.19. The zero-order chi connectivity index (χ0) is 14.5. The van der Waals surface area contributed by atoms with Crippen LogP contribution in [0.25, 0.3) is 0 Å². The highest BCUT2D eigenvalue weighted by Crippen LogP contribution is 2.18. The highest BCUT2D eigenvalue weighted by atomic mass is 16.5. The molecule has 0 radical (unpaired) electrons. The van der Waals surface area contributed by atoms with Gasteiger partial charge < -0.3 is 16.2 Å². The Balaban J connectivity index is 2.28. The fourth-order valence-corrected chi connectivity index (χ4v) is 1.70. The smallest absolute Gasteiger partial charge is 0.146 e. The monoisotopic (exact) mass is 270 g/mol. The third-order valence-corrected chi connectivity index (χ3v) is 2.73. The minimum absolute atomic E-state index is 0.271. The molecule has 0 atom stereocenters. The summed E-state index contributed by atoms with van der Waals surface area (Å²) in [6.45, 7) is 2.58. The molecule has 0 fully saturated rings. The molecule has 1 aromatic rings. The van der Waals surface area contributed by atoms with Crippen LogP contribution in [0.1, 0.15) is 13.3 Å². The molecule has 0 bridgehead atoms. The van der Waals surface area contributed by atoms with Crippen LogP contribution in [-0.4, -0.2) is 18.0 Å². The Kier molecular flexibility index (Phi) is 4.20. The molecule has 0 amide bonds. The molecular weight excluding hydrogens is 252 g/mol. The van der Waals surface area contributed by atoms with Crippen LogP contribution in [0.4, 0.5) is 11.4 Å². The molecule has 1 aliphatic carbocycles. The molecule has 0 saturated carbocycles. The molecule has 0 spiro atoms. The van der Waals surface area contributed by atoms with Crippen LogP contribution >= 0.6 is 0 Å². The minimum Gasteiger partial charge on any atom is -0.491 e. The topological polar surface area (TPSA) is 97.5 Å². The van der Waals surface area contributed by atoms with E-state index < -0.39 is 0 Å². The van der Waals surface area contributed by atoms with E-state index in [0.29, 0.717) is 29.5 Å². The van der Waals surface area contributed by atoms with Gasteiger partial charge >= 0.3 is 0 Å². The van der Waals surface area contributed by atoms with Crippen molar-refractivity contribution in [3.63, 3.8) is 0 Å². The summed E-state index contributed by atoms with van der Waals surface area (Å²) < 4.78 is 5.52. The van der Waals surface area contributed by atoms with Crippen molar-refractivity contribution in [3.8, 4) is 0 Å². The molecule has 1 aromatic carbocycles. The van der Waals surface area contributed by atoms with Crippen molar-refractivity contribution in [1.29, 1.82) is 5.41 Å². The van der Waals surface area contributed by atoms with Gasteiger partial charge in [0, 0.05) is 11.8 Å². The van der Waals surface area contributed by atoms with Gasteiger partial charge in [-0.3, -0.25) is 5.41 Å². The van der Waals surface area contributed by atoms with Crippen molar-refractivity contribution in [1.82, 2.24) is 0 Å². The van der Waals surface area contributed by atoms with Crippen LogP contribution < -0.4 is 11.5 Å². The lowest BCUT2D eigenvalue weighted by Crippen LogP contribution is -2.19. The normalized spacial score (nSPS) is 16.9. The van der Waals surface area contributed by atoms with Crippen molar-refractivity contribution in [2.24, 2.45) is 10.7 Å². The summed E-state index contributed by atoms with van der Waals surface area (Å²) in [6.07, 6.45) is 4.14. The lowest BCUT2D eigenvalue weighted by atomic mass is 10.1. The van der Waals surface area contributed by atoms with Crippen molar-refractivity contribution in [2.75, 3.05) is 12.3 Å². The Morgan fingerprint density at radius 1 is 1.15 bits per heavy atom. The Morgan fingerprint density at radius 3 is 2.50 bits per heavy atom. The number of anilines is 1. The van der Waals surface area contributed by atoms with E-state index in [9.17, 15) is 0 Å². The van der Waals surface area contributed by atoms with Crippen molar-refractivity contribution < 1.29 is 4.74 Å². The Hall–Kier alpha value is -2.56. The molecule has 1 aliphatic rings. The SMILES string of the molecule is CCCOC1=CC(=Nc2ccc(N)cc2)C(N)=CC1=N. The van der Waals surface area contributed by atoms with Crippen molar-refractivity contribution >= 4 is 22.8 Å². The third-order valence-electron chi connectivity index (χ3n) is 2.73. The van der Waals surface area contributed by atoms with E-state index in [-0.39, 0.29) is 5.71 Å². The lowest BCUT2D eigenvalue weighted by molar-refractivity contribution is 0.231. The second-order valence-electron chi connectivity index (χ2n) is 4.46. The maximum absolute atomic E-state index is 7.83. The van der Waals surface area contributed by atoms with Crippen LogP contribution in [0.2, 0.25) is 0 Å². The maximum Gasteiger partial charge on any atom is 0.146 e. The molecule has 104 valence electrons. The summed E-state index contributed by atoms with van der Waals surface area (Å²) >= 11 is 0. The van der Waals surface area contributed by atoms with E-state index >= 15 is 0 Å². The van der Waals surface area contributed by atoms with E-state index in [1.807, 2.05) is 19.1 Å². The molecule has 0 unspecified atom stereocenters. The number of benzene rings is 1. The number of nitrogens with zero attached hydrogens (tertiary/aromatic N) is 1. The summed E-state index contributed by atoms with van der Waals surface area (Å²) in [4.78, 5) is 4.45. The van der Waals surface area contributed by atoms with E-state index in [0.717, 1.165) is 12.1 Å². The number of allylic oxidation sites excluding steroid dienone is 2. The van der Waals surface area contributed by atoms with Crippen LogP contribution in [0, 0.1) is 5.41 Å². The summed E-state index contributed by atoms with van der Waals surface area (Å²) in [5.41, 5.74) is 14.3. The first-order valence-corrected chi connectivity index (χ1v) is 6.45. The number of nitrogen functional groups attached to an aromatic ring is 1. The van der Waals surface area contributed by atoms with E-state index in [1.54, 1.807) is 24.3 Å². The molecule has 0 aliphatic heterocycles. The fraction of sp³-hybridized carbons (Fsp3) is 0.200. The number of nitrogens with one attached hydrogen (secondary N) is 1. The molecule has 2 rings (SSSR count). The average molecular weight is 270 g/mol. The fourth-order valence-electron chi connectivity index (χ4n) is 1.70. The molecular formula is C15H18N4O. The second-order valence-corrected chi connectivity index (χ2v) is 4.46. The number of aliphatic imine (C=N–C) groups is 1. The number of hydrogen-bond acceptors (Lipinski definition) is 5. The predicted octanol–water partition coefficient (Wildman–Crippen LogP) is 2.53. The molecule has 0 heterocycles. The van der Waals surface area contributed by atoms with Gasteiger partial charge in [-0.05, 0) is 36.8 Å². The average Bonchev–Trinajstić information content (AvgIpc) is 2.43. The van der Waals surface area contributed by atoms with Gasteiger partial charge in [0.25, 0.3) is 0 Å². The van der Waals surface area contributed by atoms with Crippen LogP contribution in [0.15, 0.2) is 52.9 Å². The zero-order valence-corrected chi connectivity index (χ0v) is 11.4. The predicted molar refractivity (Wildman–Crippen MR) is 82.3 cm³/mol. The van der Waals surface area contributed by atoms with Gasteiger partial charge in [0.1, 0.15) is 5.76 Å². The molecule has 5 N–H and O–H groups in total. The highest BCUT2D eigenvalue weighted by molar-refractivity contribution is 6.22. The van der Waals surface area contributed by atoms with Crippen LogP contribution in [-0.2, 0) is 4.74 Å². The molecule has 0 saturated heterocycles. The molecule has 20 heavy (non-hydrogen) atoms. The Bertz CT molecular complexity index is 597. The minimum atomic E-state index is 0.271. The van der Waals surface area contributed by atoms with E-state index in [4.69, 9.17) is 21.6 Å². The van der Waals surface area contributed by atoms with Crippen LogP contribution in [0.3, 0.4) is 0 Å². The molecule has 5 heteroatoms. The number of rotatable bonds is 4. The van der Waals surface area contributed by atoms with Crippen LogP contribution in [0.5, 0.6) is 0 Å². The standard InChI is InChI=1S/C15H18N4O/c1-2-7-20-15-9-14(12(17)8-13(15)18)19-11-5-3-10(16)4-6-11/h3-6,8-9,18H,2,7,16-17H2,1H3. The Morgan fingerprint density at radius 2 is 1.85 bits per heavy atom. The number of hydrogen-bond donors (Lipinski definition) is 3. The summed E-state index contributed by atoms with van der Waals surface area (Å²) in [5, 5.41) is 7.83. The van der Waals surface area contributed by atoms with Gasteiger partial charge in [0.2, 0.25) is 0 Å². The Labute approximate surface area is 118 Å². The number of nitrogens with two attached hydrogens (primary N) is 2. The third kappa shape index (κ3) is 3.26. The van der Waals surface area contributed by atoms with E-state index in [1.165, 1.54) is 0 Å². The quantitative estimate of drug-likeness (QED) is 0.579. The zero-order valence-electron chi connectivity index (χ0n) is 11.4. The van der Waals surface area contributed by atoms with Gasteiger partial charge in [0.15, 0.2) is 0 Å².